The molecule has 6 nitrogen and oxygen atoms in total. The van der Waals surface area contributed by atoms with Crippen LogP contribution in [0, 0.1) is 0 Å². The van der Waals surface area contributed by atoms with Gasteiger partial charge in [0.2, 0.25) is 5.91 Å². The van der Waals surface area contributed by atoms with Gasteiger partial charge >= 0.3 is 5.97 Å². The summed E-state index contributed by atoms with van der Waals surface area (Å²) in [6.07, 6.45) is 72.6. The number of esters is 1. The Hall–Kier alpha value is -1.40. The van der Waals surface area contributed by atoms with Gasteiger partial charge in [-0.05, 0) is 32.1 Å². The van der Waals surface area contributed by atoms with Gasteiger partial charge in [-0.15, -0.1) is 0 Å². The minimum atomic E-state index is -0.844. The minimum Gasteiger partial charge on any atom is -0.466 e. The lowest BCUT2D eigenvalue weighted by atomic mass is 10.0. The zero-order chi connectivity index (χ0) is 50.7. The predicted molar refractivity (Wildman–Crippen MR) is 306 cm³/mol. The fourth-order valence-electron chi connectivity index (χ4n) is 10.2. The minimum absolute atomic E-state index is 0.0154. The first kappa shape index (κ1) is 68.6. The van der Waals surface area contributed by atoms with E-state index in [1.54, 1.807) is 6.08 Å². The molecule has 0 saturated carbocycles. The largest absolute Gasteiger partial charge is 0.466 e. The molecule has 416 valence electrons. The van der Waals surface area contributed by atoms with Crippen LogP contribution in [-0.4, -0.2) is 47.4 Å². The Bertz CT molecular complexity index is 1050. The molecule has 0 aromatic heterocycles. The van der Waals surface area contributed by atoms with Gasteiger partial charge in [0.1, 0.15) is 0 Å². The van der Waals surface area contributed by atoms with Gasteiger partial charge in [0.15, 0.2) is 0 Å². The van der Waals surface area contributed by atoms with Gasteiger partial charge in [-0.3, -0.25) is 9.59 Å². The number of aliphatic hydroxyl groups is 2. The number of amides is 1. The third kappa shape index (κ3) is 55.9. The summed E-state index contributed by atoms with van der Waals surface area (Å²) in [7, 11) is 0. The Morgan fingerprint density at radius 2 is 0.657 bits per heavy atom. The highest BCUT2D eigenvalue weighted by molar-refractivity contribution is 5.76. The molecular formula is C64H125NO5. The monoisotopic (exact) mass is 988 g/mol. The molecule has 70 heavy (non-hydrogen) atoms. The summed E-state index contributed by atoms with van der Waals surface area (Å²) >= 11 is 0. The van der Waals surface area contributed by atoms with Crippen LogP contribution in [0.25, 0.3) is 0 Å². The normalized spacial score (nSPS) is 12.6. The van der Waals surface area contributed by atoms with Crippen molar-refractivity contribution in [2.24, 2.45) is 0 Å². The lowest BCUT2D eigenvalue weighted by Crippen LogP contribution is -2.45. The first-order valence-corrected chi connectivity index (χ1v) is 32.0. The van der Waals surface area contributed by atoms with Crippen LogP contribution in [0.15, 0.2) is 12.2 Å². The maximum atomic E-state index is 12.5. The van der Waals surface area contributed by atoms with E-state index in [9.17, 15) is 19.8 Å². The van der Waals surface area contributed by atoms with Crippen LogP contribution in [0.3, 0.4) is 0 Å². The Labute approximate surface area is 438 Å². The van der Waals surface area contributed by atoms with Gasteiger partial charge in [0.25, 0.3) is 0 Å². The third-order valence-corrected chi connectivity index (χ3v) is 15.1. The van der Waals surface area contributed by atoms with E-state index in [4.69, 9.17) is 4.74 Å². The van der Waals surface area contributed by atoms with Crippen molar-refractivity contribution in [3.63, 3.8) is 0 Å². The van der Waals surface area contributed by atoms with Crippen molar-refractivity contribution in [2.75, 3.05) is 13.2 Å². The van der Waals surface area contributed by atoms with Gasteiger partial charge in [0.05, 0.1) is 25.4 Å². The highest BCUT2D eigenvalue weighted by Gasteiger charge is 2.18. The zero-order valence-electron chi connectivity index (χ0n) is 47.5. The molecule has 0 radical (unpaired) electrons. The molecule has 6 heteroatoms. The van der Waals surface area contributed by atoms with E-state index in [1.165, 1.54) is 295 Å². The smallest absolute Gasteiger partial charge is 0.305 e. The molecule has 0 aliphatic rings. The maximum absolute atomic E-state index is 12.5. The van der Waals surface area contributed by atoms with E-state index in [0.717, 1.165) is 38.5 Å². The molecule has 0 heterocycles. The average molecular weight is 989 g/mol. The van der Waals surface area contributed by atoms with Crippen molar-refractivity contribution in [3.8, 4) is 0 Å². The van der Waals surface area contributed by atoms with E-state index in [0.29, 0.717) is 19.4 Å². The predicted octanol–water partition coefficient (Wildman–Crippen LogP) is 20.0. The number of aliphatic hydroxyl groups excluding tert-OH is 2. The van der Waals surface area contributed by atoms with Crippen molar-refractivity contribution in [1.29, 1.82) is 0 Å². The van der Waals surface area contributed by atoms with Crippen LogP contribution < -0.4 is 5.32 Å². The van der Waals surface area contributed by atoms with Gasteiger partial charge in [-0.1, -0.05) is 328 Å². The first-order valence-electron chi connectivity index (χ1n) is 32.0. The highest BCUT2D eigenvalue weighted by Crippen LogP contribution is 2.18. The fourth-order valence-corrected chi connectivity index (χ4v) is 10.2. The SMILES string of the molecule is CCCCCCCCCCCCCC/C=C/C(O)C(CO)NC(=O)CCCCCCCCCCCCCCCCCCCCCCOC(=O)CCCCCCCCCCCCCCCCCCCCC. The van der Waals surface area contributed by atoms with Crippen LogP contribution in [-0.2, 0) is 14.3 Å². The summed E-state index contributed by atoms with van der Waals surface area (Å²) in [5, 5.41) is 23.1. The van der Waals surface area contributed by atoms with Crippen molar-refractivity contribution < 1.29 is 24.5 Å². The van der Waals surface area contributed by atoms with E-state index in [-0.39, 0.29) is 18.5 Å². The van der Waals surface area contributed by atoms with Crippen molar-refractivity contribution in [2.45, 2.75) is 373 Å². The van der Waals surface area contributed by atoms with Gasteiger partial charge in [-0.25, -0.2) is 0 Å². The standard InChI is InChI=1S/C64H125NO5/c1-3-5-7-9-11-13-15-17-19-20-23-27-30-34-38-42-46-50-54-58-64(69)70-59-55-51-47-43-39-35-31-28-25-22-21-24-26-29-33-37-41-45-49-53-57-63(68)65-61(60-66)62(67)56-52-48-44-40-36-32-18-16-14-12-10-8-6-4-2/h52,56,61-62,66-67H,3-51,53-55,57-60H2,1-2H3,(H,65,68)/b56-52+. The molecule has 0 saturated heterocycles. The molecule has 0 aliphatic heterocycles. The van der Waals surface area contributed by atoms with Crippen LogP contribution in [0.1, 0.15) is 361 Å². The molecule has 2 unspecified atom stereocenters. The van der Waals surface area contributed by atoms with Gasteiger partial charge in [0, 0.05) is 12.8 Å². The van der Waals surface area contributed by atoms with Crippen molar-refractivity contribution >= 4 is 11.9 Å². The maximum Gasteiger partial charge on any atom is 0.305 e. The Kier molecular flexibility index (Phi) is 59.0. The summed E-state index contributed by atoms with van der Waals surface area (Å²) in [4.78, 5) is 24.6. The summed E-state index contributed by atoms with van der Waals surface area (Å²) in [5.41, 5.74) is 0. The quantitative estimate of drug-likeness (QED) is 0.0321. The molecule has 0 rings (SSSR count). The molecule has 0 fully saturated rings. The number of carbonyl (C=O) groups is 2. The zero-order valence-corrected chi connectivity index (χ0v) is 47.5. The van der Waals surface area contributed by atoms with Crippen LogP contribution in [0.2, 0.25) is 0 Å². The second-order valence-corrected chi connectivity index (χ2v) is 22.1. The van der Waals surface area contributed by atoms with E-state index in [1.807, 2.05) is 6.08 Å². The number of nitrogens with one attached hydrogen (secondary N) is 1. The number of hydrogen-bond donors (Lipinski definition) is 3. The molecule has 2 atom stereocenters. The molecule has 0 aliphatic carbocycles. The van der Waals surface area contributed by atoms with E-state index in [2.05, 4.69) is 19.2 Å². The molecule has 1 amide bonds. The Morgan fingerprint density at radius 3 is 0.971 bits per heavy atom. The Balaban J connectivity index is 3.37. The number of rotatable bonds is 60. The number of carbonyl (C=O) groups excluding carboxylic acids is 2. The molecule has 0 bridgehead atoms. The molecule has 0 spiro atoms. The molecule has 3 N–H and O–H groups in total. The lowest BCUT2D eigenvalue weighted by Gasteiger charge is -2.20. The summed E-state index contributed by atoms with van der Waals surface area (Å²) in [6.45, 7) is 4.93. The van der Waals surface area contributed by atoms with E-state index >= 15 is 0 Å². The topological polar surface area (TPSA) is 95.9 Å². The summed E-state index contributed by atoms with van der Waals surface area (Å²) in [6, 6.07) is -0.628. The molecule has 0 aromatic carbocycles. The second kappa shape index (κ2) is 60.2. The van der Waals surface area contributed by atoms with Crippen molar-refractivity contribution in [3.05, 3.63) is 12.2 Å². The number of hydrogen-bond acceptors (Lipinski definition) is 5. The molecular weight excluding hydrogens is 863 g/mol. The van der Waals surface area contributed by atoms with Crippen LogP contribution in [0.5, 0.6) is 0 Å². The van der Waals surface area contributed by atoms with Gasteiger partial charge in [-0.2, -0.15) is 0 Å². The number of allylic oxidation sites excluding steroid dienone is 1. The lowest BCUT2D eigenvalue weighted by molar-refractivity contribution is -0.143. The van der Waals surface area contributed by atoms with Crippen molar-refractivity contribution in [1.82, 2.24) is 5.32 Å². The Morgan fingerprint density at radius 1 is 0.386 bits per heavy atom. The number of unbranched alkanes of at least 4 members (excludes halogenated alkanes) is 49. The number of ether oxygens (including phenoxy) is 1. The second-order valence-electron chi connectivity index (χ2n) is 22.1. The molecule has 0 aromatic rings. The average Bonchev–Trinajstić information content (AvgIpc) is 3.36. The summed E-state index contributed by atoms with van der Waals surface area (Å²) < 4.78 is 5.51. The highest BCUT2D eigenvalue weighted by atomic mass is 16.5. The third-order valence-electron chi connectivity index (χ3n) is 15.1. The first-order chi connectivity index (χ1) is 34.5. The van der Waals surface area contributed by atoms with E-state index < -0.39 is 12.1 Å². The van der Waals surface area contributed by atoms with Crippen LogP contribution >= 0.6 is 0 Å². The van der Waals surface area contributed by atoms with Gasteiger partial charge < -0.3 is 20.3 Å². The summed E-state index contributed by atoms with van der Waals surface area (Å²) in [5.74, 6) is -0.0523. The fraction of sp³-hybridized carbons (Fsp3) is 0.938. The van der Waals surface area contributed by atoms with Crippen LogP contribution in [0.4, 0.5) is 0 Å².